The van der Waals surface area contributed by atoms with Crippen molar-refractivity contribution in [1.29, 1.82) is 0 Å². The van der Waals surface area contributed by atoms with Gasteiger partial charge in [-0.05, 0) is 38.6 Å². The number of aromatic nitrogens is 1. The van der Waals surface area contributed by atoms with Gasteiger partial charge in [-0.1, -0.05) is 18.3 Å². The molecule has 2 amide bonds. The maximum Gasteiger partial charge on any atom is 0.324 e. The number of benzene rings is 1. The fraction of sp³-hybridized carbons (Fsp3) is 0.556. The summed E-state index contributed by atoms with van der Waals surface area (Å²) in [6.45, 7) is 2.99. The highest BCUT2D eigenvalue weighted by molar-refractivity contribution is 7.22. The molecule has 132 valence electrons. The predicted octanol–water partition coefficient (Wildman–Crippen LogP) is 2.47. The third-order valence-corrected chi connectivity index (χ3v) is 6.86. The van der Waals surface area contributed by atoms with Gasteiger partial charge >= 0.3 is 6.03 Å². The molecule has 1 aromatic heterocycles. The topological polar surface area (TPSA) is 57.7 Å². The number of fused-ring (bicyclic) bond motifs is 4. The minimum atomic E-state index is -0.0132. The van der Waals surface area contributed by atoms with Crippen molar-refractivity contribution in [3.8, 4) is 5.75 Å². The fourth-order valence-electron chi connectivity index (χ4n) is 4.88. The van der Waals surface area contributed by atoms with E-state index in [-0.39, 0.29) is 18.1 Å². The number of nitrogens with one attached hydrogen (secondary N) is 1. The lowest BCUT2D eigenvalue weighted by molar-refractivity contribution is 0.213. The Morgan fingerprint density at radius 2 is 2.24 bits per heavy atom. The molecule has 3 heterocycles. The van der Waals surface area contributed by atoms with Crippen LogP contribution in [0.15, 0.2) is 12.1 Å². The molecule has 1 aromatic carbocycles. The van der Waals surface area contributed by atoms with Gasteiger partial charge in [-0.3, -0.25) is 4.90 Å². The van der Waals surface area contributed by atoms with Crippen LogP contribution < -0.4 is 15.0 Å². The molecule has 1 saturated heterocycles. The molecule has 2 fully saturated rings. The monoisotopic (exact) mass is 358 g/mol. The van der Waals surface area contributed by atoms with Crippen LogP contribution in [0.1, 0.15) is 18.9 Å². The van der Waals surface area contributed by atoms with E-state index in [0.29, 0.717) is 12.0 Å². The Kier molecular flexibility index (Phi) is 3.27. The molecule has 1 saturated carbocycles. The third kappa shape index (κ3) is 2.12. The molecule has 1 aliphatic carbocycles. The van der Waals surface area contributed by atoms with Crippen molar-refractivity contribution >= 4 is 32.7 Å². The van der Waals surface area contributed by atoms with E-state index in [1.165, 1.54) is 5.56 Å². The van der Waals surface area contributed by atoms with Gasteiger partial charge in [-0.25, -0.2) is 9.78 Å². The van der Waals surface area contributed by atoms with E-state index in [9.17, 15) is 4.79 Å². The van der Waals surface area contributed by atoms with E-state index in [1.807, 2.05) is 11.0 Å². The number of ether oxygens (including phenoxy) is 1. The number of amides is 2. The van der Waals surface area contributed by atoms with E-state index in [4.69, 9.17) is 9.72 Å². The van der Waals surface area contributed by atoms with Crippen molar-refractivity contribution in [2.24, 2.45) is 5.92 Å². The van der Waals surface area contributed by atoms with Gasteiger partial charge in [0.2, 0.25) is 0 Å². The first-order chi connectivity index (χ1) is 12.0. The van der Waals surface area contributed by atoms with Crippen molar-refractivity contribution in [1.82, 2.24) is 15.2 Å². The molecule has 1 N–H and O–H groups in total. The van der Waals surface area contributed by atoms with Crippen LogP contribution in [-0.4, -0.2) is 54.7 Å². The molecular formula is C18H22N4O2S. The minimum absolute atomic E-state index is 0.0132. The Balaban J connectivity index is 1.55. The smallest absolute Gasteiger partial charge is 0.324 e. The summed E-state index contributed by atoms with van der Waals surface area (Å²) in [5.41, 5.74) is 2.18. The van der Waals surface area contributed by atoms with Crippen LogP contribution in [0, 0.1) is 5.92 Å². The van der Waals surface area contributed by atoms with Crippen LogP contribution in [0.3, 0.4) is 0 Å². The highest BCUT2D eigenvalue weighted by Crippen LogP contribution is 2.42. The van der Waals surface area contributed by atoms with Crippen LogP contribution in [0.4, 0.5) is 9.93 Å². The quantitative estimate of drug-likeness (QED) is 0.896. The van der Waals surface area contributed by atoms with Gasteiger partial charge in [-0.2, -0.15) is 0 Å². The summed E-state index contributed by atoms with van der Waals surface area (Å²) in [4.78, 5) is 21.7. The summed E-state index contributed by atoms with van der Waals surface area (Å²) in [5.74, 6) is 1.48. The summed E-state index contributed by atoms with van der Waals surface area (Å²) in [7, 11) is 4.19. The van der Waals surface area contributed by atoms with Gasteiger partial charge in [0.25, 0.3) is 0 Å². The number of anilines is 1. The van der Waals surface area contributed by atoms with Gasteiger partial charge < -0.3 is 15.0 Å². The van der Waals surface area contributed by atoms with E-state index < -0.39 is 0 Å². The molecule has 0 unspecified atom stereocenters. The van der Waals surface area contributed by atoms with Gasteiger partial charge in [0.05, 0.1) is 28.9 Å². The molecule has 0 spiro atoms. The Morgan fingerprint density at radius 1 is 1.40 bits per heavy atom. The van der Waals surface area contributed by atoms with Gasteiger partial charge in [0.15, 0.2) is 5.13 Å². The summed E-state index contributed by atoms with van der Waals surface area (Å²) in [5, 5.41) is 4.02. The van der Waals surface area contributed by atoms with E-state index in [0.717, 1.165) is 40.5 Å². The molecule has 0 radical (unpaired) electrons. The standard InChI is InChI=1S/C18H22N4O2S/c1-9-8-11-15(16(9)21(2)3)19-17(23)22(11)18-20-14-10-6-7-24-12(10)4-5-13(14)25-18/h4-5,9,11,15-16H,6-8H2,1-3H3,(H,19,23)/t9-,11+,15+,16+/m0/s1. The number of hydrogen-bond donors (Lipinski definition) is 1. The van der Waals surface area contributed by atoms with Crippen LogP contribution in [-0.2, 0) is 6.42 Å². The van der Waals surface area contributed by atoms with Crippen molar-refractivity contribution in [2.75, 3.05) is 25.6 Å². The summed E-state index contributed by atoms with van der Waals surface area (Å²) >= 11 is 1.61. The number of nitrogens with zero attached hydrogens (tertiary/aromatic N) is 3. The first-order valence-electron chi connectivity index (χ1n) is 8.86. The number of rotatable bonds is 2. The van der Waals surface area contributed by atoms with Crippen LogP contribution >= 0.6 is 11.3 Å². The van der Waals surface area contributed by atoms with Crippen LogP contribution in [0.2, 0.25) is 0 Å². The second-order valence-corrected chi connectivity index (χ2v) is 8.57. The van der Waals surface area contributed by atoms with Gasteiger partial charge in [-0.15, -0.1) is 0 Å². The Morgan fingerprint density at radius 3 is 3.04 bits per heavy atom. The molecule has 5 rings (SSSR count). The Bertz CT molecular complexity index is 864. The second kappa shape index (κ2) is 5.32. The zero-order valence-corrected chi connectivity index (χ0v) is 15.5. The summed E-state index contributed by atoms with van der Waals surface area (Å²) < 4.78 is 6.78. The van der Waals surface area contributed by atoms with Crippen molar-refractivity contribution in [3.05, 3.63) is 17.7 Å². The molecule has 2 aliphatic heterocycles. The predicted molar refractivity (Wildman–Crippen MR) is 98.7 cm³/mol. The highest BCUT2D eigenvalue weighted by Gasteiger charge is 2.52. The minimum Gasteiger partial charge on any atom is -0.493 e. The fourth-order valence-corrected chi connectivity index (χ4v) is 5.93. The first kappa shape index (κ1) is 15.4. The van der Waals surface area contributed by atoms with Gasteiger partial charge in [0, 0.05) is 18.0 Å². The number of hydrogen-bond acceptors (Lipinski definition) is 5. The van der Waals surface area contributed by atoms with Crippen LogP contribution in [0.5, 0.6) is 5.75 Å². The molecule has 7 heteroatoms. The largest absolute Gasteiger partial charge is 0.493 e. The summed E-state index contributed by atoms with van der Waals surface area (Å²) in [6.07, 6.45) is 1.90. The number of thiazole rings is 1. The van der Waals surface area contributed by atoms with Crippen LogP contribution in [0.25, 0.3) is 10.2 Å². The SMILES string of the molecule is C[C@H]1C[C@@H]2[C@@H](NC(=O)N2c2nc3c4c(ccc3s2)OCC4)[C@@H]1N(C)C. The molecule has 6 nitrogen and oxygen atoms in total. The van der Waals surface area contributed by atoms with Crippen molar-refractivity contribution in [2.45, 2.75) is 37.9 Å². The maximum absolute atomic E-state index is 12.7. The van der Waals surface area contributed by atoms with Crippen molar-refractivity contribution in [3.63, 3.8) is 0 Å². The Labute approximate surface area is 150 Å². The number of urea groups is 1. The van der Waals surface area contributed by atoms with E-state index >= 15 is 0 Å². The molecule has 4 atom stereocenters. The zero-order chi connectivity index (χ0) is 17.3. The van der Waals surface area contributed by atoms with Crippen molar-refractivity contribution < 1.29 is 9.53 Å². The number of carbonyl (C=O) groups is 1. The average Bonchev–Trinajstić information content (AvgIpc) is 3.27. The first-order valence-corrected chi connectivity index (χ1v) is 9.67. The molecule has 2 aromatic rings. The lowest BCUT2D eigenvalue weighted by atomic mass is 10.0. The lowest BCUT2D eigenvalue weighted by Crippen LogP contribution is -2.46. The van der Waals surface area contributed by atoms with Gasteiger partial charge in [0.1, 0.15) is 5.75 Å². The van der Waals surface area contributed by atoms with E-state index in [1.54, 1.807) is 11.3 Å². The lowest BCUT2D eigenvalue weighted by Gasteiger charge is -2.28. The second-order valence-electron chi connectivity index (χ2n) is 7.56. The average molecular weight is 358 g/mol. The number of carbonyl (C=O) groups excluding carboxylic acids is 1. The summed E-state index contributed by atoms with van der Waals surface area (Å²) in [6, 6.07) is 4.79. The highest BCUT2D eigenvalue weighted by atomic mass is 32.1. The molecular weight excluding hydrogens is 336 g/mol. The Hall–Kier alpha value is -1.86. The third-order valence-electron chi connectivity index (χ3n) is 5.84. The maximum atomic E-state index is 12.7. The molecule has 3 aliphatic rings. The van der Waals surface area contributed by atoms with E-state index in [2.05, 4.69) is 37.3 Å². The molecule has 25 heavy (non-hydrogen) atoms. The number of likely N-dealkylation sites (N-methyl/N-ethyl adjacent to an activating group) is 1. The normalized spacial score (nSPS) is 30.7. The molecule has 0 bridgehead atoms. The zero-order valence-electron chi connectivity index (χ0n) is 14.7.